The highest BCUT2D eigenvalue weighted by Crippen LogP contribution is 2.32. The van der Waals surface area contributed by atoms with Crippen molar-refractivity contribution < 1.29 is 17.6 Å². The van der Waals surface area contributed by atoms with Gasteiger partial charge in [0.2, 0.25) is 15.9 Å². The second-order valence-electron chi connectivity index (χ2n) is 6.80. The number of furan rings is 1. The lowest BCUT2D eigenvalue weighted by atomic mass is 10.2. The Balaban J connectivity index is 1.92. The fourth-order valence-corrected chi connectivity index (χ4v) is 4.93. The van der Waals surface area contributed by atoms with Gasteiger partial charge in [0.15, 0.2) is 0 Å². The van der Waals surface area contributed by atoms with Crippen LogP contribution >= 0.6 is 0 Å². The summed E-state index contributed by atoms with van der Waals surface area (Å²) in [5.74, 6) is 0.219. The van der Waals surface area contributed by atoms with Crippen LogP contribution in [-0.2, 0) is 14.8 Å². The Hall–Kier alpha value is -2.58. The molecule has 1 fully saturated rings. The van der Waals surface area contributed by atoms with E-state index in [1.807, 2.05) is 13.8 Å². The molecule has 29 heavy (non-hydrogen) atoms. The van der Waals surface area contributed by atoms with E-state index in [-0.39, 0.29) is 10.8 Å². The predicted octanol–water partition coefficient (Wildman–Crippen LogP) is 3.56. The molecular formula is C21H27N3O4S. The van der Waals surface area contributed by atoms with Crippen molar-refractivity contribution in [3.63, 3.8) is 0 Å². The van der Waals surface area contributed by atoms with Crippen LogP contribution in [0.4, 0.5) is 11.4 Å². The Morgan fingerprint density at radius 1 is 1.21 bits per heavy atom. The smallest absolute Gasteiger partial charge is 0.248 e. The zero-order valence-corrected chi connectivity index (χ0v) is 17.6. The third-order valence-corrected chi connectivity index (χ3v) is 7.00. The number of hydrogen-bond donors (Lipinski definition) is 1. The summed E-state index contributed by atoms with van der Waals surface area (Å²) in [6, 6.07) is 8.45. The van der Waals surface area contributed by atoms with Gasteiger partial charge in [0.05, 0.1) is 22.5 Å². The maximum atomic E-state index is 12.9. The molecule has 2 aromatic rings. The van der Waals surface area contributed by atoms with Gasteiger partial charge in [-0.2, -0.15) is 4.31 Å². The number of amides is 1. The van der Waals surface area contributed by atoms with Crippen LogP contribution in [0.3, 0.4) is 0 Å². The minimum absolute atomic E-state index is 0.175. The lowest BCUT2D eigenvalue weighted by molar-refractivity contribution is -0.111. The monoisotopic (exact) mass is 417 g/mol. The van der Waals surface area contributed by atoms with Gasteiger partial charge in [-0.25, -0.2) is 8.42 Å². The summed E-state index contributed by atoms with van der Waals surface area (Å²) >= 11 is 0. The molecule has 1 aliphatic rings. The van der Waals surface area contributed by atoms with Crippen LogP contribution in [0.15, 0.2) is 52.0 Å². The first-order valence-corrected chi connectivity index (χ1v) is 11.3. The number of carbonyl (C=O) groups excluding carboxylic acids is 1. The van der Waals surface area contributed by atoms with Gasteiger partial charge in [0.25, 0.3) is 0 Å². The summed E-state index contributed by atoms with van der Waals surface area (Å²) in [7, 11) is -3.62. The van der Waals surface area contributed by atoms with Gasteiger partial charge in [0.1, 0.15) is 5.76 Å². The van der Waals surface area contributed by atoms with Crippen molar-refractivity contribution in [2.75, 3.05) is 36.4 Å². The van der Waals surface area contributed by atoms with Crippen LogP contribution in [0.1, 0.15) is 32.4 Å². The average Bonchev–Trinajstić information content (AvgIpc) is 3.41. The zero-order valence-electron chi connectivity index (χ0n) is 16.8. The minimum Gasteiger partial charge on any atom is -0.465 e. The predicted molar refractivity (Wildman–Crippen MR) is 114 cm³/mol. The highest BCUT2D eigenvalue weighted by atomic mass is 32.2. The molecule has 3 rings (SSSR count). The van der Waals surface area contributed by atoms with E-state index < -0.39 is 10.0 Å². The van der Waals surface area contributed by atoms with Crippen molar-refractivity contribution in [1.29, 1.82) is 0 Å². The van der Waals surface area contributed by atoms with E-state index >= 15 is 0 Å². The summed E-state index contributed by atoms with van der Waals surface area (Å²) < 4.78 is 32.4. The number of benzene rings is 1. The normalized spacial score (nSPS) is 14.8. The van der Waals surface area contributed by atoms with E-state index in [1.165, 1.54) is 16.6 Å². The number of nitrogens with one attached hydrogen (secondary N) is 1. The maximum absolute atomic E-state index is 12.9. The van der Waals surface area contributed by atoms with Crippen molar-refractivity contribution in [2.24, 2.45) is 0 Å². The molecule has 1 aliphatic heterocycles. The summed E-state index contributed by atoms with van der Waals surface area (Å²) in [4.78, 5) is 14.8. The van der Waals surface area contributed by atoms with Gasteiger partial charge in [-0.3, -0.25) is 4.79 Å². The first-order valence-electron chi connectivity index (χ1n) is 9.87. The molecule has 0 aliphatic carbocycles. The molecule has 7 nitrogen and oxygen atoms in total. The van der Waals surface area contributed by atoms with Gasteiger partial charge in [0, 0.05) is 32.3 Å². The molecule has 1 N–H and O–H groups in total. The number of sulfonamides is 1. The highest BCUT2D eigenvalue weighted by Gasteiger charge is 2.24. The molecule has 0 saturated carbocycles. The number of anilines is 2. The molecule has 1 saturated heterocycles. The Bertz CT molecular complexity index is 958. The topological polar surface area (TPSA) is 82.9 Å². The number of carbonyl (C=O) groups is 1. The summed E-state index contributed by atoms with van der Waals surface area (Å²) in [5.41, 5.74) is 1.33. The molecule has 8 heteroatoms. The molecule has 0 bridgehead atoms. The molecule has 2 heterocycles. The van der Waals surface area contributed by atoms with E-state index in [9.17, 15) is 13.2 Å². The molecular weight excluding hydrogens is 390 g/mol. The van der Waals surface area contributed by atoms with Gasteiger partial charge >= 0.3 is 0 Å². The zero-order chi connectivity index (χ0) is 20.9. The Morgan fingerprint density at radius 3 is 2.55 bits per heavy atom. The average molecular weight is 418 g/mol. The van der Waals surface area contributed by atoms with E-state index in [0.29, 0.717) is 24.5 Å². The van der Waals surface area contributed by atoms with E-state index in [0.717, 1.165) is 31.6 Å². The first kappa shape index (κ1) is 21.1. The van der Waals surface area contributed by atoms with Gasteiger partial charge in [-0.1, -0.05) is 13.8 Å². The summed E-state index contributed by atoms with van der Waals surface area (Å²) in [6.07, 6.45) is 6.63. The Morgan fingerprint density at radius 2 is 1.93 bits per heavy atom. The van der Waals surface area contributed by atoms with Crippen LogP contribution in [0.2, 0.25) is 0 Å². The van der Waals surface area contributed by atoms with Crippen molar-refractivity contribution >= 4 is 33.4 Å². The van der Waals surface area contributed by atoms with Crippen molar-refractivity contribution in [1.82, 2.24) is 4.31 Å². The lowest BCUT2D eigenvalue weighted by Gasteiger charge is -2.24. The maximum Gasteiger partial charge on any atom is 0.248 e. The van der Waals surface area contributed by atoms with Crippen LogP contribution < -0.4 is 10.2 Å². The van der Waals surface area contributed by atoms with E-state index in [1.54, 1.807) is 36.4 Å². The molecule has 0 atom stereocenters. The number of nitrogens with zero attached hydrogens (tertiary/aromatic N) is 2. The van der Waals surface area contributed by atoms with E-state index in [2.05, 4.69) is 10.2 Å². The second-order valence-corrected chi connectivity index (χ2v) is 8.74. The Labute approximate surface area is 172 Å². The fourth-order valence-electron chi connectivity index (χ4n) is 3.44. The van der Waals surface area contributed by atoms with Crippen LogP contribution in [0.5, 0.6) is 0 Å². The molecule has 0 radical (unpaired) electrons. The van der Waals surface area contributed by atoms with Gasteiger partial charge in [-0.15, -0.1) is 0 Å². The minimum atomic E-state index is -3.62. The third kappa shape index (κ3) is 4.89. The van der Waals surface area contributed by atoms with Crippen molar-refractivity contribution in [3.05, 3.63) is 48.4 Å². The summed E-state index contributed by atoms with van der Waals surface area (Å²) in [6.45, 7) is 6.16. The molecule has 1 amide bonds. The Kier molecular flexibility index (Phi) is 6.76. The molecule has 0 spiro atoms. The highest BCUT2D eigenvalue weighted by molar-refractivity contribution is 7.89. The standard InChI is InChI=1S/C21H27N3O4S/c1-3-24(4-2)29(26,27)18-10-11-20(23-13-5-6-14-23)19(16-18)22-21(25)12-9-17-8-7-15-28-17/h7-12,15-16H,3-6,13-14H2,1-2H3,(H,22,25). The first-order chi connectivity index (χ1) is 14.0. The SMILES string of the molecule is CCN(CC)S(=O)(=O)c1ccc(N2CCCC2)c(NC(=O)C=Cc2ccco2)c1. The molecule has 156 valence electrons. The van der Waals surface area contributed by atoms with E-state index in [4.69, 9.17) is 4.42 Å². The van der Waals surface area contributed by atoms with Gasteiger partial charge in [-0.05, 0) is 49.2 Å². The fraction of sp³-hybridized carbons (Fsp3) is 0.381. The largest absolute Gasteiger partial charge is 0.465 e. The number of hydrogen-bond acceptors (Lipinski definition) is 5. The molecule has 1 aromatic carbocycles. The van der Waals surface area contributed by atoms with Crippen molar-refractivity contribution in [3.8, 4) is 0 Å². The summed E-state index contributed by atoms with van der Waals surface area (Å²) in [5, 5.41) is 2.85. The molecule has 1 aromatic heterocycles. The van der Waals surface area contributed by atoms with Gasteiger partial charge < -0.3 is 14.6 Å². The van der Waals surface area contributed by atoms with Crippen LogP contribution in [0, 0.1) is 0 Å². The number of rotatable bonds is 8. The van der Waals surface area contributed by atoms with Crippen LogP contribution in [0.25, 0.3) is 6.08 Å². The second kappa shape index (κ2) is 9.28. The third-order valence-electron chi connectivity index (χ3n) is 4.96. The van der Waals surface area contributed by atoms with Crippen molar-refractivity contribution in [2.45, 2.75) is 31.6 Å². The lowest BCUT2D eigenvalue weighted by Crippen LogP contribution is -2.31. The molecule has 0 unspecified atom stereocenters. The quantitative estimate of drug-likeness (QED) is 0.664. The van der Waals surface area contributed by atoms with Crippen LogP contribution in [-0.4, -0.2) is 44.8 Å².